The summed E-state index contributed by atoms with van der Waals surface area (Å²) in [6, 6.07) is 3.71. The molecule has 5 heteroatoms. The number of amides is 1. The van der Waals surface area contributed by atoms with Gasteiger partial charge in [-0.3, -0.25) is 0 Å². The fourth-order valence-electron chi connectivity index (χ4n) is 1.63. The molecule has 0 saturated carbocycles. The zero-order chi connectivity index (χ0) is 16.0. The van der Waals surface area contributed by atoms with Gasteiger partial charge in [-0.25, -0.2) is 4.79 Å². The average Bonchev–Trinajstić information content (AvgIpc) is 2.36. The summed E-state index contributed by atoms with van der Waals surface area (Å²) in [5, 5.41) is 3.35. The number of benzene rings is 1. The summed E-state index contributed by atoms with van der Waals surface area (Å²) in [7, 11) is 0. The second-order valence-corrected chi connectivity index (χ2v) is 6.18. The standard InChI is InChI=1S/C16H23ClN2O2/c1-11-13(18)9-8-12(14(11)17)7-5-6-10-19-15(20)21-16(2,3)4/h5,7-9H,6,10,18H2,1-4H3,(H,19,20). The van der Waals surface area contributed by atoms with E-state index in [1.807, 2.05) is 52.0 Å². The van der Waals surface area contributed by atoms with Crippen LogP contribution in [0.4, 0.5) is 10.5 Å². The number of nitrogens with one attached hydrogen (secondary N) is 1. The fourth-order valence-corrected chi connectivity index (χ4v) is 1.87. The molecule has 21 heavy (non-hydrogen) atoms. The second kappa shape index (κ2) is 7.36. The largest absolute Gasteiger partial charge is 0.444 e. The molecule has 4 nitrogen and oxygen atoms in total. The number of carbonyl (C=O) groups excluding carboxylic acids is 1. The van der Waals surface area contributed by atoms with Crippen LogP contribution < -0.4 is 11.1 Å². The number of halogens is 1. The van der Waals surface area contributed by atoms with Crippen LogP contribution >= 0.6 is 11.6 Å². The minimum absolute atomic E-state index is 0.405. The predicted octanol–water partition coefficient (Wildman–Crippen LogP) is 4.16. The smallest absolute Gasteiger partial charge is 0.407 e. The van der Waals surface area contributed by atoms with Gasteiger partial charge in [0.2, 0.25) is 0 Å². The molecule has 0 aliphatic heterocycles. The summed E-state index contributed by atoms with van der Waals surface area (Å²) in [4.78, 5) is 11.4. The van der Waals surface area contributed by atoms with Crippen molar-refractivity contribution >= 4 is 29.5 Å². The number of hydrogen-bond donors (Lipinski definition) is 2. The predicted molar refractivity (Wildman–Crippen MR) is 88.5 cm³/mol. The second-order valence-electron chi connectivity index (χ2n) is 5.80. The molecule has 0 radical (unpaired) electrons. The molecule has 0 heterocycles. The monoisotopic (exact) mass is 310 g/mol. The van der Waals surface area contributed by atoms with Crippen LogP contribution in [0.3, 0.4) is 0 Å². The molecule has 0 atom stereocenters. The van der Waals surface area contributed by atoms with Crippen molar-refractivity contribution in [2.24, 2.45) is 0 Å². The third-order valence-corrected chi connectivity index (χ3v) is 3.24. The first-order chi connectivity index (χ1) is 9.70. The summed E-state index contributed by atoms with van der Waals surface area (Å²) >= 11 is 6.21. The minimum Gasteiger partial charge on any atom is -0.444 e. The molecule has 1 aromatic carbocycles. The number of hydrogen-bond acceptors (Lipinski definition) is 3. The molecule has 3 N–H and O–H groups in total. The van der Waals surface area contributed by atoms with E-state index in [2.05, 4.69) is 5.32 Å². The van der Waals surface area contributed by atoms with E-state index in [0.29, 0.717) is 23.7 Å². The van der Waals surface area contributed by atoms with Crippen LogP contribution in [0.5, 0.6) is 0 Å². The molecule has 0 fully saturated rings. The van der Waals surface area contributed by atoms with Crippen molar-refractivity contribution in [3.63, 3.8) is 0 Å². The van der Waals surface area contributed by atoms with Gasteiger partial charge in [-0.15, -0.1) is 0 Å². The maximum Gasteiger partial charge on any atom is 0.407 e. The van der Waals surface area contributed by atoms with Crippen molar-refractivity contribution in [1.82, 2.24) is 5.32 Å². The number of anilines is 1. The molecular weight excluding hydrogens is 288 g/mol. The van der Waals surface area contributed by atoms with Crippen LogP contribution in [-0.4, -0.2) is 18.2 Å². The lowest BCUT2D eigenvalue weighted by molar-refractivity contribution is 0.0529. The molecule has 1 amide bonds. The van der Waals surface area contributed by atoms with Gasteiger partial charge in [0.05, 0.1) is 5.02 Å². The topological polar surface area (TPSA) is 64.3 Å². The molecule has 116 valence electrons. The molecule has 0 aromatic heterocycles. The molecule has 0 spiro atoms. The Kier molecular flexibility index (Phi) is 6.09. The maximum atomic E-state index is 11.4. The van der Waals surface area contributed by atoms with Crippen LogP contribution in [0, 0.1) is 6.92 Å². The van der Waals surface area contributed by atoms with E-state index >= 15 is 0 Å². The number of rotatable bonds is 4. The van der Waals surface area contributed by atoms with Gasteiger partial charge >= 0.3 is 6.09 Å². The van der Waals surface area contributed by atoms with Gasteiger partial charge in [0, 0.05) is 12.2 Å². The van der Waals surface area contributed by atoms with Crippen molar-refractivity contribution in [2.75, 3.05) is 12.3 Å². The third kappa shape index (κ3) is 6.08. The first-order valence-corrected chi connectivity index (χ1v) is 7.26. The third-order valence-electron chi connectivity index (χ3n) is 2.73. The Morgan fingerprint density at radius 3 is 2.71 bits per heavy atom. The molecule has 0 bridgehead atoms. The summed E-state index contributed by atoms with van der Waals surface area (Å²) in [5.41, 5.74) is 7.78. The zero-order valence-corrected chi connectivity index (χ0v) is 13.8. The van der Waals surface area contributed by atoms with E-state index in [1.165, 1.54) is 0 Å². The lowest BCUT2D eigenvalue weighted by atomic mass is 10.1. The van der Waals surface area contributed by atoms with E-state index in [0.717, 1.165) is 11.1 Å². The summed E-state index contributed by atoms with van der Waals surface area (Å²) in [6.07, 6.45) is 4.16. The molecule has 0 aliphatic carbocycles. The first kappa shape index (κ1) is 17.4. The van der Waals surface area contributed by atoms with E-state index in [1.54, 1.807) is 0 Å². The van der Waals surface area contributed by atoms with E-state index in [9.17, 15) is 4.79 Å². The van der Waals surface area contributed by atoms with Crippen molar-refractivity contribution in [3.05, 3.63) is 34.4 Å². The van der Waals surface area contributed by atoms with Gasteiger partial charge in [0.1, 0.15) is 5.60 Å². The van der Waals surface area contributed by atoms with Gasteiger partial charge in [0.25, 0.3) is 0 Å². The number of nitrogen functional groups attached to an aromatic ring is 1. The summed E-state index contributed by atoms with van der Waals surface area (Å²) in [5.74, 6) is 0. The van der Waals surface area contributed by atoms with Crippen LogP contribution in [-0.2, 0) is 4.74 Å². The van der Waals surface area contributed by atoms with E-state index < -0.39 is 11.7 Å². The van der Waals surface area contributed by atoms with Crippen molar-refractivity contribution in [2.45, 2.75) is 39.7 Å². The quantitative estimate of drug-likeness (QED) is 0.648. The highest BCUT2D eigenvalue weighted by atomic mass is 35.5. The SMILES string of the molecule is Cc1c(N)ccc(C=CCCNC(=O)OC(C)(C)C)c1Cl. The van der Waals surface area contributed by atoms with Crippen molar-refractivity contribution < 1.29 is 9.53 Å². The van der Waals surface area contributed by atoms with Crippen molar-refractivity contribution in [3.8, 4) is 0 Å². The normalized spacial score (nSPS) is 11.7. The molecule has 0 unspecified atom stereocenters. The first-order valence-electron chi connectivity index (χ1n) is 6.88. The molecule has 1 rings (SSSR count). The number of carbonyl (C=O) groups is 1. The number of ether oxygens (including phenoxy) is 1. The maximum absolute atomic E-state index is 11.4. The average molecular weight is 311 g/mol. The van der Waals surface area contributed by atoms with Crippen LogP contribution in [0.25, 0.3) is 6.08 Å². The Bertz CT molecular complexity index is 534. The van der Waals surface area contributed by atoms with E-state index in [4.69, 9.17) is 22.1 Å². The van der Waals surface area contributed by atoms with Crippen LogP contribution in [0.15, 0.2) is 18.2 Å². The highest BCUT2D eigenvalue weighted by molar-refractivity contribution is 6.33. The minimum atomic E-state index is -0.477. The fraction of sp³-hybridized carbons (Fsp3) is 0.438. The van der Waals surface area contributed by atoms with Gasteiger partial charge in [-0.2, -0.15) is 0 Å². The zero-order valence-electron chi connectivity index (χ0n) is 13.0. The summed E-state index contributed by atoms with van der Waals surface area (Å²) in [6.45, 7) is 7.89. The molecule has 1 aromatic rings. The lowest BCUT2D eigenvalue weighted by Gasteiger charge is -2.19. The number of alkyl carbamates (subject to hydrolysis) is 1. The van der Waals surface area contributed by atoms with Gasteiger partial charge in [-0.1, -0.05) is 29.8 Å². The Hall–Kier alpha value is -1.68. The Morgan fingerprint density at radius 2 is 2.10 bits per heavy atom. The highest BCUT2D eigenvalue weighted by Crippen LogP contribution is 2.26. The molecule has 0 saturated heterocycles. The van der Waals surface area contributed by atoms with Gasteiger partial charge in [0.15, 0.2) is 0 Å². The van der Waals surface area contributed by atoms with Crippen LogP contribution in [0.2, 0.25) is 5.02 Å². The Labute approximate surface area is 131 Å². The Balaban J connectivity index is 2.43. The van der Waals surface area contributed by atoms with Crippen LogP contribution in [0.1, 0.15) is 38.3 Å². The molecular formula is C16H23ClN2O2. The van der Waals surface area contributed by atoms with Crippen molar-refractivity contribution in [1.29, 1.82) is 0 Å². The lowest BCUT2D eigenvalue weighted by Crippen LogP contribution is -2.32. The van der Waals surface area contributed by atoms with Gasteiger partial charge in [-0.05, 0) is 51.3 Å². The van der Waals surface area contributed by atoms with E-state index in [-0.39, 0.29) is 0 Å². The Morgan fingerprint density at radius 1 is 1.43 bits per heavy atom. The highest BCUT2D eigenvalue weighted by Gasteiger charge is 2.15. The molecule has 0 aliphatic rings. The number of nitrogens with two attached hydrogens (primary N) is 1. The summed E-state index contributed by atoms with van der Waals surface area (Å²) < 4.78 is 5.14. The van der Waals surface area contributed by atoms with Gasteiger partial charge < -0.3 is 15.8 Å².